The molecule has 2 N–H and O–H groups in total. The second-order valence-electron chi connectivity index (χ2n) is 7.44. The van der Waals surface area contributed by atoms with E-state index in [4.69, 9.17) is 5.73 Å². The summed E-state index contributed by atoms with van der Waals surface area (Å²) in [6.07, 6.45) is 7.29. The minimum absolute atomic E-state index is 0.289. The lowest BCUT2D eigenvalue weighted by Crippen LogP contribution is -2.68. The van der Waals surface area contributed by atoms with Crippen molar-refractivity contribution in [3.63, 3.8) is 0 Å². The number of nitrogens with two attached hydrogens (primary N) is 1. The number of thiophene rings is 1. The Morgan fingerprint density at radius 3 is 2.35 bits per heavy atom. The van der Waals surface area contributed by atoms with Crippen molar-refractivity contribution >= 4 is 11.3 Å². The van der Waals surface area contributed by atoms with Gasteiger partial charge in [-0.2, -0.15) is 0 Å². The van der Waals surface area contributed by atoms with Gasteiger partial charge in [0.05, 0.1) is 0 Å². The first-order valence-corrected chi connectivity index (χ1v) is 9.04. The summed E-state index contributed by atoms with van der Waals surface area (Å²) >= 11 is 1.88. The van der Waals surface area contributed by atoms with Gasteiger partial charge in [-0.25, -0.2) is 0 Å². The number of rotatable bonds is 4. The molecule has 5 rings (SSSR count). The van der Waals surface area contributed by atoms with Crippen molar-refractivity contribution in [3.05, 3.63) is 22.4 Å². The van der Waals surface area contributed by atoms with E-state index in [-0.39, 0.29) is 5.54 Å². The van der Waals surface area contributed by atoms with Gasteiger partial charge < -0.3 is 5.73 Å². The van der Waals surface area contributed by atoms with Crippen molar-refractivity contribution in [2.75, 3.05) is 13.6 Å². The third-order valence-corrected chi connectivity index (χ3v) is 7.42. The lowest BCUT2D eigenvalue weighted by atomic mass is 9.48. The summed E-state index contributed by atoms with van der Waals surface area (Å²) in [6.45, 7) is 1.93. The highest BCUT2D eigenvalue weighted by Crippen LogP contribution is 2.59. The van der Waals surface area contributed by atoms with Crippen molar-refractivity contribution in [2.24, 2.45) is 29.4 Å². The maximum Gasteiger partial charge on any atom is 0.0389 e. The average molecular weight is 290 g/mol. The SMILES string of the molecule is CN(Cc1cccs1)C1(CN)C2CC3CC(C2)CC1C3. The third-order valence-electron chi connectivity index (χ3n) is 6.56. The summed E-state index contributed by atoms with van der Waals surface area (Å²) in [5, 5.41) is 2.19. The van der Waals surface area contributed by atoms with E-state index in [2.05, 4.69) is 29.5 Å². The Labute approximate surface area is 126 Å². The first-order valence-electron chi connectivity index (χ1n) is 8.16. The molecule has 4 aliphatic carbocycles. The Bertz CT molecular complexity index is 439. The summed E-state index contributed by atoms with van der Waals surface area (Å²) in [6, 6.07) is 4.43. The molecule has 2 nitrogen and oxygen atoms in total. The molecular formula is C17H26N2S. The van der Waals surface area contributed by atoms with Crippen LogP contribution in [-0.2, 0) is 6.54 Å². The van der Waals surface area contributed by atoms with Gasteiger partial charge >= 0.3 is 0 Å². The van der Waals surface area contributed by atoms with Gasteiger partial charge in [-0.1, -0.05) is 6.07 Å². The van der Waals surface area contributed by atoms with Crippen LogP contribution in [0.4, 0.5) is 0 Å². The van der Waals surface area contributed by atoms with Gasteiger partial charge in [0, 0.05) is 23.5 Å². The summed E-state index contributed by atoms with van der Waals surface area (Å²) in [5.41, 5.74) is 6.67. The van der Waals surface area contributed by atoms with Crippen molar-refractivity contribution in [3.8, 4) is 0 Å². The highest BCUT2D eigenvalue weighted by Gasteiger charge is 2.58. The summed E-state index contributed by atoms with van der Waals surface area (Å²) < 4.78 is 0. The number of hydrogen-bond donors (Lipinski definition) is 1. The highest BCUT2D eigenvalue weighted by molar-refractivity contribution is 7.09. The van der Waals surface area contributed by atoms with Crippen LogP contribution in [0.25, 0.3) is 0 Å². The fourth-order valence-electron chi connectivity index (χ4n) is 5.90. The van der Waals surface area contributed by atoms with Crippen LogP contribution in [-0.4, -0.2) is 24.0 Å². The smallest absolute Gasteiger partial charge is 0.0389 e. The Kier molecular flexibility index (Phi) is 3.21. The summed E-state index contributed by atoms with van der Waals surface area (Å²) in [4.78, 5) is 4.11. The van der Waals surface area contributed by atoms with Gasteiger partial charge in [-0.3, -0.25) is 4.90 Å². The van der Waals surface area contributed by atoms with E-state index >= 15 is 0 Å². The molecule has 0 unspecified atom stereocenters. The van der Waals surface area contributed by atoms with E-state index in [0.29, 0.717) is 0 Å². The van der Waals surface area contributed by atoms with Crippen LogP contribution in [0.2, 0.25) is 0 Å². The molecular weight excluding hydrogens is 264 g/mol. The minimum Gasteiger partial charge on any atom is -0.329 e. The number of hydrogen-bond acceptors (Lipinski definition) is 3. The zero-order valence-electron chi connectivity index (χ0n) is 12.4. The quantitative estimate of drug-likeness (QED) is 0.921. The molecule has 0 spiro atoms. The molecule has 1 aromatic heterocycles. The van der Waals surface area contributed by atoms with Crippen LogP contribution in [0.3, 0.4) is 0 Å². The van der Waals surface area contributed by atoms with Gasteiger partial charge in [-0.15, -0.1) is 11.3 Å². The molecule has 3 heteroatoms. The molecule has 110 valence electrons. The zero-order chi connectivity index (χ0) is 13.7. The van der Waals surface area contributed by atoms with Crippen LogP contribution < -0.4 is 5.73 Å². The van der Waals surface area contributed by atoms with Crippen molar-refractivity contribution < 1.29 is 0 Å². The first kappa shape index (κ1) is 13.3. The second kappa shape index (κ2) is 4.82. The molecule has 4 saturated carbocycles. The fraction of sp³-hybridized carbons (Fsp3) is 0.765. The standard InChI is InChI=1S/C17H26N2S/c1-19(10-16-3-2-4-20-16)17(11-18)14-6-12-5-13(8-14)9-15(17)7-12/h2-4,12-15H,5-11,18H2,1H3. The molecule has 1 aromatic rings. The van der Waals surface area contributed by atoms with E-state index < -0.39 is 0 Å². The third kappa shape index (κ3) is 1.83. The van der Waals surface area contributed by atoms with Gasteiger partial charge in [0.2, 0.25) is 0 Å². The van der Waals surface area contributed by atoms with Crippen LogP contribution in [0.1, 0.15) is 37.0 Å². The number of likely N-dealkylation sites (N-methyl/N-ethyl adjacent to an activating group) is 1. The van der Waals surface area contributed by atoms with E-state index in [1.165, 1.54) is 37.0 Å². The monoisotopic (exact) mass is 290 g/mol. The molecule has 0 atom stereocenters. The molecule has 4 bridgehead atoms. The van der Waals surface area contributed by atoms with Crippen LogP contribution in [0.15, 0.2) is 17.5 Å². The van der Waals surface area contributed by atoms with Gasteiger partial charge in [0.25, 0.3) is 0 Å². The maximum atomic E-state index is 6.38. The lowest BCUT2D eigenvalue weighted by Gasteiger charge is -2.64. The largest absolute Gasteiger partial charge is 0.329 e. The molecule has 1 heterocycles. The second-order valence-corrected chi connectivity index (χ2v) is 8.47. The summed E-state index contributed by atoms with van der Waals surface area (Å²) in [7, 11) is 2.33. The molecule has 4 fully saturated rings. The average Bonchev–Trinajstić information content (AvgIpc) is 2.91. The molecule has 0 radical (unpaired) electrons. The maximum absolute atomic E-state index is 6.38. The van der Waals surface area contributed by atoms with Gasteiger partial charge in [0.15, 0.2) is 0 Å². The lowest BCUT2D eigenvalue weighted by molar-refractivity contribution is -0.125. The summed E-state index contributed by atoms with van der Waals surface area (Å²) in [5.74, 6) is 3.75. The molecule has 0 amide bonds. The Morgan fingerprint density at radius 1 is 1.20 bits per heavy atom. The van der Waals surface area contributed by atoms with Crippen LogP contribution in [0.5, 0.6) is 0 Å². The highest BCUT2D eigenvalue weighted by atomic mass is 32.1. The van der Waals surface area contributed by atoms with E-state index in [1.54, 1.807) is 0 Å². The minimum atomic E-state index is 0.289. The van der Waals surface area contributed by atoms with Gasteiger partial charge in [-0.05, 0) is 74.3 Å². The number of nitrogens with zero attached hydrogens (tertiary/aromatic N) is 1. The molecule has 4 aliphatic rings. The van der Waals surface area contributed by atoms with Crippen LogP contribution >= 0.6 is 11.3 Å². The topological polar surface area (TPSA) is 29.3 Å². The van der Waals surface area contributed by atoms with Crippen molar-refractivity contribution in [1.29, 1.82) is 0 Å². The Balaban J connectivity index is 1.62. The fourth-order valence-corrected chi connectivity index (χ4v) is 6.65. The van der Waals surface area contributed by atoms with Crippen molar-refractivity contribution in [2.45, 2.75) is 44.2 Å². The zero-order valence-corrected chi connectivity index (χ0v) is 13.2. The Morgan fingerprint density at radius 2 is 1.85 bits per heavy atom. The molecule has 0 saturated heterocycles. The van der Waals surface area contributed by atoms with Crippen molar-refractivity contribution in [1.82, 2.24) is 4.90 Å². The van der Waals surface area contributed by atoms with E-state index in [9.17, 15) is 0 Å². The molecule has 0 aliphatic heterocycles. The predicted molar refractivity (Wildman–Crippen MR) is 84.6 cm³/mol. The normalized spacial score (nSPS) is 42.5. The van der Waals surface area contributed by atoms with Crippen LogP contribution in [0, 0.1) is 23.7 Å². The Hall–Kier alpha value is -0.380. The van der Waals surface area contributed by atoms with Gasteiger partial charge in [0.1, 0.15) is 0 Å². The predicted octanol–water partition coefficient (Wildman–Crippen LogP) is 3.33. The first-order chi connectivity index (χ1) is 9.72. The van der Waals surface area contributed by atoms with E-state index in [0.717, 1.165) is 36.8 Å². The molecule has 0 aromatic carbocycles. The molecule has 20 heavy (non-hydrogen) atoms. The van der Waals surface area contributed by atoms with E-state index in [1.807, 2.05) is 11.3 Å².